The second-order valence-corrected chi connectivity index (χ2v) is 5.57. The summed E-state index contributed by atoms with van der Waals surface area (Å²) in [4.78, 5) is 4.43. The molecule has 1 fully saturated rings. The van der Waals surface area contributed by atoms with Crippen molar-refractivity contribution in [1.82, 2.24) is 15.5 Å². The van der Waals surface area contributed by atoms with Crippen LogP contribution in [0.3, 0.4) is 0 Å². The van der Waals surface area contributed by atoms with E-state index in [9.17, 15) is 0 Å². The van der Waals surface area contributed by atoms with Crippen LogP contribution in [-0.2, 0) is 0 Å². The second kappa shape index (κ2) is 5.30. The van der Waals surface area contributed by atoms with Gasteiger partial charge in [0, 0.05) is 23.6 Å². The third-order valence-corrected chi connectivity index (χ3v) is 4.17. The third-order valence-electron chi connectivity index (χ3n) is 2.78. The van der Waals surface area contributed by atoms with Crippen LogP contribution in [0, 0.1) is 0 Å². The fourth-order valence-electron chi connectivity index (χ4n) is 1.85. The molecule has 1 N–H and O–H groups in total. The molecule has 2 heterocycles. The van der Waals surface area contributed by atoms with Crippen molar-refractivity contribution in [2.75, 3.05) is 18.1 Å². The van der Waals surface area contributed by atoms with Crippen LogP contribution in [0.5, 0.6) is 0 Å². The molecule has 0 spiro atoms. The molecule has 0 bridgehead atoms. The van der Waals surface area contributed by atoms with Crippen molar-refractivity contribution >= 4 is 23.4 Å². The summed E-state index contributed by atoms with van der Waals surface area (Å²) in [7, 11) is 0. The zero-order valence-corrected chi connectivity index (χ0v) is 11.2. The van der Waals surface area contributed by atoms with Gasteiger partial charge in [0.15, 0.2) is 0 Å². The predicted octanol–water partition coefficient (Wildman–Crippen LogP) is 2.77. The van der Waals surface area contributed by atoms with Gasteiger partial charge in [0.2, 0.25) is 11.7 Å². The number of thioether (sulfide) groups is 1. The number of nitrogens with zero attached hydrogens (tertiary/aromatic N) is 2. The Morgan fingerprint density at radius 3 is 3.06 bits per heavy atom. The average Bonchev–Trinajstić information content (AvgIpc) is 2.90. The minimum atomic E-state index is 0.146. The second-order valence-electron chi connectivity index (χ2n) is 4.02. The molecule has 1 unspecified atom stereocenters. The first kappa shape index (κ1) is 12.0. The molecule has 0 amide bonds. The smallest absolute Gasteiger partial charge is 0.244 e. The Bertz CT molecular complexity index is 540. The zero-order chi connectivity index (χ0) is 12.4. The molecule has 0 radical (unpaired) electrons. The van der Waals surface area contributed by atoms with Gasteiger partial charge in [0.1, 0.15) is 0 Å². The standard InChI is InChI=1S/C12H12ClN3OS/c13-9-4-2-1-3-8(9)11-15-12(17-16-11)10-7-18-6-5-14-10/h1-4,10,14H,5-7H2. The van der Waals surface area contributed by atoms with E-state index in [1.165, 1.54) is 0 Å². The molecule has 94 valence electrons. The van der Waals surface area contributed by atoms with Crippen molar-refractivity contribution in [2.24, 2.45) is 0 Å². The Labute approximate surface area is 114 Å². The molecule has 1 atom stereocenters. The van der Waals surface area contributed by atoms with Crippen molar-refractivity contribution in [3.63, 3.8) is 0 Å². The van der Waals surface area contributed by atoms with Crippen molar-refractivity contribution in [2.45, 2.75) is 6.04 Å². The quantitative estimate of drug-likeness (QED) is 0.917. The van der Waals surface area contributed by atoms with Crippen molar-refractivity contribution < 1.29 is 4.52 Å². The van der Waals surface area contributed by atoms with Crippen LogP contribution >= 0.6 is 23.4 Å². The summed E-state index contributed by atoms with van der Waals surface area (Å²) >= 11 is 8.00. The van der Waals surface area contributed by atoms with Crippen LogP contribution in [0.4, 0.5) is 0 Å². The highest BCUT2D eigenvalue weighted by Gasteiger charge is 2.22. The first-order valence-electron chi connectivity index (χ1n) is 5.74. The fourth-order valence-corrected chi connectivity index (χ4v) is 3.00. The number of aromatic nitrogens is 2. The van der Waals surface area contributed by atoms with E-state index < -0.39 is 0 Å². The molecule has 1 aromatic heterocycles. The molecule has 18 heavy (non-hydrogen) atoms. The Kier molecular flexibility index (Phi) is 3.54. The van der Waals surface area contributed by atoms with Crippen molar-refractivity contribution in [1.29, 1.82) is 0 Å². The van der Waals surface area contributed by atoms with Crippen LogP contribution in [0.25, 0.3) is 11.4 Å². The van der Waals surface area contributed by atoms with Crippen LogP contribution in [0.15, 0.2) is 28.8 Å². The van der Waals surface area contributed by atoms with Crippen LogP contribution < -0.4 is 5.32 Å². The largest absolute Gasteiger partial charge is 0.337 e. The summed E-state index contributed by atoms with van der Waals surface area (Å²) in [5.41, 5.74) is 0.803. The number of rotatable bonds is 2. The molecule has 1 aromatic carbocycles. The topological polar surface area (TPSA) is 51.0 Å². The molecular formula is C12H12ClN3OS. The number of benzene rings is 1. The highest BCUT2D eigenvalue weighted by molar-refractivity contribution is 7.99. The lowest BCUT2D eigenvalue weighted by atomic mass is 10.2. The van der Waals surface area contributed by atoms with E-state index in [1.807, 2.05) is 36.0 Å². The van der Waals surface area contributed by atoms with Gasteiger partial charge in [-0.15, -0.1) is 0 Å². The maximum absolute atomic E-state index is 6.11. The first-order valence-corrected chi connectivity index (χ1v) is 7.27. The Morgan fingerprint density at radius 1 is 1.39 bits per heavy atom. The van der Waals surface area contributed by atoms with Crippen LogP contribution in [-0.4, -0.2) is 28.2 Å². The molecule has 0 saturated carbocycles. The van der Waals surface area contributed by atoms with Crippen LogP contribution in [0.2, 0.25) is 5.02 Å². The summed E-state index contributed by atoms with van der Waals surface area (Å²) in [6, 6.07) is 7.65. The van der Waals surface area contributed by atoms with E-state index in [0.717, 1.165) is 23.6 Å². The molecule has 1 aliphatic heterocycles. The minimum Gasteiger partial charge on any atom is -0.337 e. The van der Waals surface area contributed by atoms with E-state index >= 15 is 0 Å². The fraction of sp³-hybridized carbons (Fsp3) is 0.333. The van der Waals surface area contributed by atoms with Gasteiger partial charge >= 0.3 is 0 Å². The summed E-state index contributed by atoms with van der Waals surface area (Å²) in [6.07, 6.45) is 0. The minimum absolute atomic E-state index is 0.146. The Hall–Kier alpha value is -1.04. The maximum atomic E-state index is 6.11. The lowest BCUT2D eigenvalue weighted by Gasteiger charge is -2.19. The van der Waals surface area contributed by atoms with Gasteiger partial charge < -0.3 is 9.84 Å². The van der Waals surface area contributed by atoms with Crippen molar-refractivity contribution in [3.8, 4) is 11.4 Å². The van der Waals surface area contributed by atoms with E-state index in [1.54, 1.807) is 0 Å². The Balaban J connectivity index is 1.87. The maximum Gasteiger partial charge on any atom is 0.244 e. The van der Waals surface area contributed by atoms with E-state index in [0.29, 0.717) is 16.7 Å². The molecule has 3 rings (SSSR count). The molecule has 4 nitrogen and oxygen atoms in total. The molecule has 1 aliphatic rings. The number of nitrogens with one attached hydrogen (secondary N) is 1. The van der Waals surface area contributed by atoms with E-state index in [2.05, 4.69) is 15.5 Å². The SMILES string of the molecule is Clc1ccccc1-c1noc(C2CSCCN2)n1. The van der Waals surface area contributed by atoms with E-state index in [4.69, 9.17) is 16.1 Å². The van der Waals surface area contributed by atoms with Gasteiger partial charge in [-0.2, -0.15) is 16.7 Å². The van der Waals surface area contributed by atoms with Gasteiger partial charge in [-0.1, -0.05) is 28.9 Å². The van der Waals surface area contributed by atoms with Gasteiger partial charge in [0.05, 0.1) is 11.1 Å². The highest BCUT2D eigenvalue weighted by atomic mass is 35.5. The van der Waals surface area contributed by atoms with Gasteiger partial charge in [-0.3, -0.25) is 0 Å². The summed E-state index contributed by atoms with van der Waals surface area (Å²) in [6.45, 7) is 0.971. The highest BCUT2D eigenvalue weighted by Crippen LogP contribution is 2.27. The molecular weight excluding hydrogens is 270 g/mol. The third kappa shape index (κ3) is 2.39. The molecule has 0 aliphatic carbocycles. The normalized spacial score (nSPS) is 19.9. The predicted molar refractivity (Wildman–Crippen MR) is 72.8 cm³/mol. The Morgan fingerprint density at radius 2 is 2.28 bits per heavy atom. The van der Waals surface area contributed by atoms with E-state index in [-0.39, 0.29) is 6.04 Å². The zero-order valence-electron chi connectivity index (χ0n) is 9.60. The number of halogens is 1. The monoisotopic (exact) mass is 281 g/mol. The molecule has 6 heteroatoms. The van der Waals surface area contributed by atoms with Gasteiger partial charge in [-0.25, -0.2) is 0 Å². The number of hydrogen-bond acceptors (Lipinski definition) is 5. The van der Waals surface area contributed by atoms with Gasteiger partial charge in [0.25, 0.3) is 0 Å². The molecule has 1 saturated heterocycles. The van der Waals surface area contributed by atoms with Gasteiger partial charge in [-0.05, 0) is 12.1 Å². The summed E-state index contributed by atoms with van der Waals surface area (Å²) < 4.78 is 5.32. The molecule has 2 aromatic rings. The summed E-state index contributed by atoms with van der Waals surface area (Å²) in [5, 5.41) is 8.00. The average molecular weight is 282 g/mol. The number of hydrogen-bond donors (Lipinski definition) is 1. The summed E-state index contributed by atoms with van der Waals surface area (Å²) in [5.74, 6) is 3.27. The lowest BCUT2D eigenvalue weighted by Crippen LogP contribution is -2.30. The van der Waals surface area contributed by atoms with Crippen molar-refractivity contribution in [3.05, 3.63) is 35.2 Å². The lowest BCUT2D eigenvalue weighted by molar-refractivity contribution is 0.342. The first-order chi connectivity index (χ1) is 8.84. The van der Waals surface area contributed by atoms with Crippen LogP contribution in [0.1, 0.15) is 11.9 Å².